The highest BCUT2D eigenvalue weighted by Crippen LogP contribution is 2.14. The maximum absolute atomic E-state index is 11.7. The van der Waals surface area contributed by atoms with Gasteiger partial charge in [0.05, 0.1) is 5.25 Å². The van der Waals surface area contributed by atoms with E-state index in [1.165, 1.54) is 0 Å². The fraction of sp³-hybridized carbons (Fsp3) is 0.556. The summed E-state index contributed by atoms with van der Waals surface area (Å²) in [6, 6.07) is 1.13. The van der Waals surface area contributed by atoms with Gasteiger partial charge in [-0.1, -0.05) is 12.1 Å². The van der Waals surface area contributed by atoms with Crippen LogP contribution in [0.5, 0.6) is 0 Å². The van der Waals surface area contributed by atoms with Crippen LogP contribution in [0.25, 0.3) is 0 Å². The van der Waals surface area contributed by atoms with Crippen LogP contribution in [-0.2, 0) is 15.6 Å². The highest BCUT2D eigenvalue weighted by Gasteiger charge is 2.22. The number of nitrogens with zero attached hydrogens (tertiary/aromatic N) is 1. The van der Waals surface area contributed by atoms with Crippen molar-refractivity contribution in [3.8, 4) is 0 Å². The van der Waals surface area contributed by atoms with Crippen LogP contribution >= 0.6 is 0 Å². The standard InChI is InChI=1S/C9H13NO5S/c1-3-6(2)16(13,14)5-7-4-8(9(11)12)10-15-7/h4,6H,3,5H2,1-2H3,(H,11,12). The quantitative estimate of drug-likeness (QED) is 0.836. The van der Waals surface area contributed by atoms with Crippen LogP contribution in [0.4, 0.5) is 0 Å². The van der Waals surface area contributed by atoms with Crippen LogP contribution in [0.2, 0.25) is 0 Å². The monoisotopic (exact) mass is 247 g/mol. The molecule has 1 aromatic rings. The number of hydrogen-bond acceptors (Lipinski definition) is 5. The first-order chi connectivity index (χ1) is 7.36. The molecule has 6 nitrogen and oxygen atoms in total. The minimum Gasteiger partial charge on any atom is -0.476 e. The summed E-state index contributed by atoms with van der Waals surface area (Å²) in [7, 11) is -3.30. The Labute approximate surface area is 93.2 Å². The number of carbonyl (C=O) groups is 1. The van der Waals surface area contributed by atoms with Crippen LogP contribution in [0.15, 0.2) is 10.6 Å². The normalized spacial score (nSPS) is 13.6. The first-order valence-electron chi connectivity index (χ1n) is 4.77. The van der Waals surface area contributed by atoms with Crippen molar-refractivity contribution in [2.75, 3.05) is 0 Å². The number of carboxylic acids is 1. The van der Waals surface area contributed by atoms with Crippen molar-refractivity contribution in [3.05, 3.63) is 17.5 Å². The van der Waals surface area contributed by atoms with E-state index in [1.54, 1.807) is 13.8 Å². The molecule has 1 heterocycles. The predicted octanol–water partition coefficient (Wildman–Crippen LogP) is 1.09. The highest BCUT2D eigenvalue weighted by atomic mass is 32.2. The fourth-order valence-corrected chi connectivity index (χ4v) is 2.40. The first kappa shape index (κ1) is 12.7. The number of aromatic nitrogens is 1. The number of sulfone groups is 1. The zero-order valence-electron chi connectivity index (χ0n) is 9.00. The molecule has 0 spiro atoms. The van der Waals surface area contributed by atoms with Crippen molar-refractivity contribution in [3.63, 3.8) is 0 Å². The third kappa shape index (κ3) is 2.82. The molecule has 0 amide bonds. The van der Waals surface area contributed by atoms with Gasteiger partial charge in [-0.15, -0.1) is 0 Å². The smallest absolute Gasteiger partial charge is 0.358 e. The van der Waals surface area contributed by atoms with Crippen molar-refractivity contribution in [1.29, 1.82) is 0 Å². The Kier molecular flexibility index (Phi) is 3.69. The lowest BCUT2D eigenvalue weighted by molar-refractivity contribution is 0.0685. The molecule has 0 aromatic carbocycles. The Bertz CT molecular complexity index is 476. The zero-order chi connectivity index (χ0) is 12.3. The molecular weight excluding hydrogens is 234 g/mol. The average Bonchev–Trinajstić information content (AvgIpc) is 2.64. The Balaban J connectivity index is 2.85. The Morgan fingerprint density at radius 1 is 1.62 bits per heavy atom. The molecule has 0 saturated carbocycles. The van der Waals surface area contributed by atoms with Crippen LogP contribution in [-0.4, -0.2) is 29.9 Å². The topological polar surface area (TPSA) is 97.5 Å². The summed E-state index contributed by atoms with van der Waals surface area (Å²) in [6.45, 7) is 3.37. The largest absolute Gasteiger partial charge is 0.476 e. The maximum atomic E-state index is 11.7. The number of hydrogen-bond donors (Lipinski definition) is 1. The lowest BCUT2D eigenvalue weighted by atomic mass is 10.4. The van der Waals surface area contributed by atoms with Crippen molar-refractivity contribution < 1.29 is 22.8 Å². The van der Waals surface area contributed by atoms with E-state index >= 15 is 0 Å². The van der Waals surface area contributed by atoms with E-state index in [-0.39, 0.29) is 17.2 Å². The fourth-order valence-electron chi connectivity index (χ4n) is 1.08. The molecule has 90 valence electrons. The van der Waals surface area contributed by atoms with Crippen LogP contribution < -0.4 is 0 Å². The molecule has 1 unspecified atom stereocenters. The van der Waals surface area contributed by atoms with E-state index in [9.17, 15) is 13.2 Å². The molecular formula is C9H13NO5S. The number of carboxylic acid groups (broad SMARTS) is 1. The maximum Gasteiger partial charge on any atom is 0.358 e. The lowest BCUT2D eigenvalue weighted by Gasteiger charge is -2.07. The van der Waals surface area contributed by atoms with Gasteiger partial charge < -0.3 is 9.63 Å². The molecule has 0 bridgehead atoms. The Morgan fingerprint density at radius 3 is 2.69 bits per heavy atom. The summed E-state index contributed by atoms with van der Waals surface area (Å²) >= 11 is 0. The van der Waals surface area contributed by atoms with E-state index in [1.807, 2.05) is 0 Å². The summed E-state index contributed by atoms with van der Waals surface area (Å²) in [6.07, 6.45) is 0.502. The van der Waals surface area contributed by atoms with E-state index < -0.39 is 21.1 Å². The van der Waals surface area contributed by atoms with Crippen molar-refractivity contribution in [2.45, 2.75) is 31.3 Å². The molecule has 16 heavy (non-hydrogen) atoms. The van der Waals surface area contributed by atoms with Gasteiger partial charge in [-0.2, -0.15) is 0 Å². The Hall–Kier alpha value is -1.37. The van der Waals surface area contributed by atoms with Gasteiger partial charge in [0.1, 0.15) is 5.75 Å². The minimum absolute atomic E-state index is 0.0534. The van der Waals surface area contributed by atoms with E-state index in [2.05, 4.69) is 9.68 Å². The molecule has 7 heteroatoms. The van der Waals surface area contributed by atoms with E-state index in [0.717, 1.165) is 6.07 Å². The summed E-state index contributed by atoms with van der Waals surface area (Å²) in [5, 5.41) is 11.3. The summed E-state index contributed by atoms with van der Waals surface area (Å²) in [4.78, 5) is 10.5. The molecule has 0 radical (unpaired) electrons. The third-order valence-electron chi connectivity index (χ3n) is 2.31. The van der Waals surface area contributed by atoms with Crippen molar-refractivity contribution in [1.82, 2.24) is 5.16 Å². The predicted molar refractivity (Wildman–Crippen MR) is 55.8 cm³/mol. The molecule has 0 aliphatic carbocycles. The van der Waals surface area contributed by atoms with Gasteiger partial charge in [-0.3, -0.25) is 0 Å². The molecule has 1 aromatic heterocycles. The van der Waals surface area contributed by atoms with Gasteiger partial charge in [0.2, 0.25) is 0 Å². The van der Waals surface area contributed by atoms with Crippen molar-refractivity contribution in [2.24, 2.45) is 0 Å². The lowest BCUT2D eigenvalue weighted by Crippen LogP contribution is -2.18. The Morgan fingerprint density at radius 2 is 2.25 bits per heavy atom. The second-order valence-electron chi connectivity index (χ2n) is 3.51. The molecule has 0 aliphatic heterocycles. The average molecular weight is 247 g/mol. The summed E-state index contributed by atoms with van der Waals surface area (Å²) in [5.74, 6) is -1.50. The molecule has 1 atom stereocenters. The SMILES string of the molecule is CCC(C)S(=O)(=O)Cc1cc(C(=O)O)no1. The number of rotatable bonds is 5. The van der Waals surface area contributed by atoms with Gasteiger partial charge in [0.15, 0.2) is 21.3 Å². The second-order valence-corrected chi connectivity index (χ2v) is 5.93. The molecule has 0 aliphatic rings. The van der Waals surface area contributed by atoms with Crippen molar-refractivity contribution >= 4 is 15.8 Å². The summed E-state index contributed by atoms with van der Waals surface area (Å²) in [5.41, 5.74) is -0.283. The first-order valence-corrected chi connectivity index (χ1v) is 6.48. The molecule has 1 N–H and O–H groups in total. The van der Waals surface area contributed by atoms with E-state index in [4.69, 9.17) is 5.11 Å². The highest BCUT2D eigenvalue weighted by molar-refractivity contribution is 7.91. The van der Waals surface area contributed by atoms with Gasteiger partial charge in [0, 0.05) is 6.07 Å². The second kappa shape index (κ2) is 4.65. The van der Waals surface area contributed by atoms with Crippen LogP contribution in [0.1, 0.15) is 36.5 Å². The van der Waals surface area contributed by atoms with Gasteiger partial charge >= 0.3 is 5.97 Å². The zero-order valence-corrected chi connectivity index (χ0v) is 9.82. The third-order valence-corrected chi connectivity index (χ3v) is 4.56. The van der Waals surface area contributed by atoms with Gasteiger partial charge in [0.25, 0.3) is 0 Å². The molecule has 1 rings (SSSR count). The molecule has 0 fully saturated rings. The van der Waals surface area contributed by atoms with Gasteiger partial charge in [-0.05, 0) is 13.3 Å². The van der Waals surface area contributed by atoms with Crippen LogP contribution in [0.3, 0.4) is 0 Å². The van der Waals surface area contributed by atoms with Gasteiger partial charge in [-0.25, -0.2) is 13.2 Å². The minimum atomic E-state index is -3.30. The number of aromatic carboxylic acids is 1. The summed E-state index contributed by atoms with van der Waals surface area (Å²) < 4.78 is 28.0. The molecule has 0 saturated heterocycles. The van der Waals surface area contributed by atoms with E-state index in [0.29, 0.717) is 6.42 Å². The van der Waals surface area contributed by atoms with Crippen LogP contribution in [0, 0.1) is 0 Å².